The molecule has 0 amide bonds. The average molecular weight is 442 g/mol. The fraction of sp³-hybridized carbons (Fsp3) is 0.333. The van der Waals surface area contributed by atoms with Gasteiger partial charge in [-0.05, 0) is 42.0 Å². The molecule has 3 aromatic rings. The largest absolute Gasteiger partial charge is 0.341 e. The summed E-state index contributed by atoms with van der Waals surface area (Å²) in [6, 6.07) is 10.1. The summed E-state index contributed by atoms with van der Waals surface area (Å²) < 4.78 is 50.5. The van der Waals surface area contributed by atoms with Crippen molar-refractivity contribution in [2.75, 3.05) is 0 Å². The van der Waals surface area contributed by atoms with Gasteiger partial charge in [0.1, 0.15) is 5.82 Å². The highest BCUT2D eigenvalue weighted by molar-refractivity contribution is 7.98. The first-order valence-corrected chi connectivity index (χ1v) is 12.1. The predicted molar refractivity (Wildman–Crippen MR) is 105 cm³/mol. The molecule has 10 heteroatoms. The molecule has 0 aliphatic heterocycles. The number of halogens is 2. The van der Waals surface area contributed by atoms with Crippen molar-refractivity contribution in [3.63, 3.8) is 0 Å². The van der Waals surface area contributed by atoms with Crippen LogP contribution in [0.1, 0.15) is 35.1 Å². The van der Waals surface area contributed by atoms with Gasteiger partial charge in [0, 0.05) is 23.1 Å². The smallest absolute Gasteiger partial charge is 0.303 e. The van der Waals surface area contributed by atoms with E-state index in [9.17, 15) is 17.2 Å². The number of alkyl halides is 2. The van der Waals surface area contributed by atoms with Crippen LogP contribution in [0.25, 0.3) is 0 Å². The number of rotatable bonds is 8. The predicted octanol–water partition coefficient (Wildman–Crippen LogP) is 4.55. The first-order chi connectivity index (χ1) is 13.4. The van der Waals surface area contributed by atoms with E-state index in [1.165, 1.54) is 28.8 Å². The van der Waals surface area contributed by atoms with Gasteiger partial charge in [-0.15, -0.1) is 21.5 Å². The van der Waals surface area contributed by atoms with Gasteiger partial charge in [-0.2, -0.15) is 8.78 Å². The van der Waals surface area contributed by atoms with E-state index in [0.29, 0.717) is 11.8 Å². The van der Waals surface area contributed by atoms with Gasteiger partial charge in [-0.1, -0.05) is 30.0 Å². The molecule has 0 N–H and O–H groups in total. The summed E-state index contributed by atoms with van der Waals surface area (Å²) in [7, 11) is -4.56. The lowest BCUT2D eigenvalue weighted by molar-refractivity contribution is 0.234. The quantitative estimate of drug-likeness (QED) is 0.480. The van der Waals surface area contributed by atoms with Crippen LogP contribution >= 0.6 is 23.1 Å². The first-order valence-electron chi connectivity index (χ1n) is 8.65. The maximum atomic E-state index is 12.6. The van der Waals surface area contributed by atoms with Crippen molar-refractivity contribution in [2.24, 2.45) is 0 Å². The molecule has 1 aliphatic carbocycles. The highest BCUT2D eigenvalue weighted by Gasteiger charge is 2.30. The van der Waals surface area contributed by atoms with Crippen molar-refractivity contribution in [1.82, 2.24) is 14.8 Å². The van der Waals surface area contributed by atoms with Gasteiger partial charge in [0.15, 0.2) is 5.16 Å². The maximum absolute atomic E-state index is 12.6. The van der Waals surface area contributed by atoms with Crippen LogP contribution in [-0.4, -0.2) is 28.9 Å². The minimum absolute atomic E-state index is 0.365. The third kappa shape index (κ3) is 4.13. The molecule has 0 bridgehead atoms. The Labute approximate surface area is 169 Å². The molecule has 0 radical (unpaired) electrons. The highest BCUT2D eigenvalue weighted by atomic mass is 32.2. The molecule has 1 saturated carbocycles. The molecule has 1 aliphatic rings. The lowest BCUT2D eigenvalue weighted by Gasteiger charge is -2.09. The number of thiophene rings is 1. The summed E-state index contributed by atoms with van der Waals surface area (Å²) in [5.74, 6) is -1.91. The molecule has 28 heavy (non-hydrogen) atoms. The lowest BCUT2D eigenvalue weighted by Crippen LogP contribution is -2.11. The maximum Gasteiger partial charge on any atom is 0.341 e. The third-order valence-corrected chi connectivity index (χ3v) is 7.70. The van der Waals surface area contributed by atoms with Gasteiger partial charge in [0.05, 0.1) is 4.90 Å². The third-order valence-electron chi connectivity index (χ3n) is 4.41. The Hall–Kier alpha value is -1.78. The van der Waals surface area contributed by atoms with Crippen molar-refractivity contribution in [3.05, 3.63) is 58.0 Å². The van der Waals surface area contributed by atoms with Crippen LogP contribution in [0.4, 0.5) is 8.78 Å². The minimum Gasteiger partial charge on any atom is -0.303 e. The molecule has 0 spiro atoms. The molecule has 5 nitrogen and oxygen atoms in total. The van der Waals surface area contributed by atoms with E-state index in [2.05, 4.69) is 20.8 Å². The van der Waals surface area contributed by atoms with E-state index in [1.54, 1.807) is 23.5 Å². The molecule has 1 fully saturated rings. The Morgan fingerprint density at radius 1 is 1.18 bits per heavy atom. The summed E-state index contributed by atoms with van der Waals surface area (Å²) in [5, 5.41) is 11.6. The zero-order chi connectivity index (χ0) is 19.7. The van der Waals surface area contributed by atoms with Crippen LogP contribution in [0.15, 0.2) is 51.8 Å². The lowest BCUT2D eigenvalue weighted by atomic mass is 10.2. The van der Waals surface area contributed by atoms with E-state index in [1.807, 2.05) is 11.4 Å². The van der Waals surface area contributed by atoms with Crippen molar-refractivity contribution in [1.29, 1.82) is 0 Å². The summed E-state index contributed by atoms with van der Waals surface area (Å²) in [6.45, 7) is 0. The fourth-order valence-corrected chi connectivity index (χ4v) is 5.22. The van der Waals surface area contributed by atoms with Gasteiger partial charge in [-0.25, -0.2) is 8.42 Å². The molecular weight excluding hydrogens is 424 g/mol. The Morgan fingerprint density at radius 2 is 1.93 bits per heavy atom. The van der Waals surface area contributed by atoms with E-state index in [4.69, 9.17) is 0 Å². The molecule has 0 unspecified atom stereocenters. The molecule has 2 heterocycles. The summed E-state index contributed by atoms with van der Waals surface area (Å²) >= 11 is 3.21. The average Bonchev–Trinajstić information content (AvgIpc) is 3.23. The van der Waals surface area contributed by atoms with Gasteiger partial charge in [0.2, 0.25) is 9.84 Å². The summed E-state index contributed by atoms with van der Waals surface area (Å²) in [6.07, 6.45) is 2.98. The molecule has 1 aromatic carbocycles. The normalized spacial score (nSPS) is 14.7. The van der Waals surface area contributed by atoms with Crippen LogP contribution < -0.4 is 0 Å². The van der Waals surface area contributed by atoms with Gasteiger partial charge >= 0.3 is 5.76 Å². The zero-order valence-electron chi connectivity index (χ0n) is 14.7. The molecule has 0 atom stereocenters. The second-order valence-corrected chi connectivity index (χ2v) is 10.4. The first kappa shape index (κ1) is 19.5. The van der Waals surface area contributed by atoms with Gasteiger partial charge in [0.25, 0.3) is 0 Å². The Balaban J connectivity index is 1.47. The number of hydrogen-bond donors (Lipinski definition) is 0. The van der Waals surface area contributed by atoms with E-state index in [0.717, 1.165) is 35.8 Å². The van der Waals surface area contributed by atoms with Crippen LogP contribution in [0.3, 0.4) is 0 Å². The molecular formula is C18H17F2N3O2S3. The van der Waals surface area contributed by atoms with Crippen molar-refractivity contribution < 1.29 is 17.2 Å². The van der Waals surface area contributed by atoms with Gasteiger partial charge < -0.3 is 4.57 Å². The SMILES string of the molecule is O=S(=O)(c1ccc(CSc2nnc(Cc3cccs3)n2C2CC2)cc1)C(F)F. The highest BCUT2D eigenvalue weighted by Crippen LogP contribution is 2.39. The second-order valence-electron chi connectivity index (χ2n) is 6.49. The van der Waals surface area contributed by atoms with Crippen LogP contribution in [0, 0.1) is 0 Å². The van der Waals surface area contributed by atoms with E-state index in [-0.39, 0.29) is 4.90 Å². The van der Waals surface area contributed by atoms with Crippen LogP contribution in [0.2, 0.25) is 0 Å². The van der Waals surface area contributed by atoms with Gasteiger partial charge in [-0.3, -0.25) is 0 Å². The zero-order valence-corrected chi connectivity index (χ0v) is 17.1. The van der Waals surface area contributed by atoms with Crippen molar-refractivity contribution in [3.8, 4) is 0 Å². The second kappa shape index (κ2) is 7.92. The molecule has 2 aromatic heterocycles. The molecule has 148 valence electrons. The topological polar surface area (TPSA) is 64.8 Å². The van der Waals surface area contributed by atoms with E-state index < -0.39 is 15.6 Å². The standard InChI is InChI=1S/C18H17F2N3O2S3/c19-17(20)28(24,25)15-7-3-12(4-8-15)11-27-18-22-21-16(23(18)13-5-6-13)10-14-2-1-9-26-14/h1-4,7-9,13,17H,5-6,10-11H2. The number of benzene rings is 1. The monoisotopic (exact) mass is 441 g/mol. The molecule has 0 saturated heterocycles. The Kier molecular flexibility index (Phi) is 5.52. The molecule has 4 rings (SSSR count). The number of sulfone groups is 1. The number of thioether (sulfide) groups is 1. The number of aromatic nitrogens is 3. The van der Waals surface area contributed by atoms with Crippen molar-refractivity contribution in [2.45, 2.75) is 46.9 Å². The fourth-order valence-electron chi connectivity index (χ4n) is 2.82. The van der Waals surface area contributed by atoms with Crippen molar-refractivity contribution >= 4 is 32.9 Å². The Bertz CT molecular complexity index is 1040. The van der Waals surface area contributed by atoms with Crippen LogP contribution in [0.5, 0.6) is 0 Å². The number of nitrogens with zero attached hydrogens (tertiary/aromatic N) is 3. The van der Waals surface area contributed by atoms with E-state index >= 15 is 0 Å². The summed E-state index contributed by atoms with van der Waals surface area (Å²) in [4.78, 5) is 0.873. The Morgan fingerprint density at radius 3 is 2.54 bits per heavy atom. The summed E-state index contributed by atoms with van der Waals surface area (Å²) in [5.41, 5.74) is 0.836. The minimum atomic E-state index is -4.56. The number of hydrogen-bond acceptors (Lipinski definition) is 6. The van der Waals surface area contributed by atoms with Crippen LogP contribution in [-0.2, 0) is 22.0 Å².